The maximum Gasteiger partial charge on any atom is 0.227 e. The molecular weight excluding hydrogens is 604 g/mol. The van der Waals surface area contributed by atoms with Crippen LogP contribution in [-0.4, -0.2) is 51.2 Å². The molecule has 1 fully saturated rings. The summed E-state index contributed by atoms with van der Waals surface area (Å²) in [6.45, 7) is 6.29. The van der Waals surface area contributed by atoms with Gasteiger partial charge in [-0.05, 0) is 80.3 Å². The molecule has 2 aromatic heterocycles. The van der Waals surface area contributed by atoms with Gasteiger partial charge in [0, 0.05) is 40.6 Å². The summed E-state index contributed by atoms with van der Waals surface area (Å²) in [4.78, 5) is 5.08. The van der Waals surface area contributed by atoms with E-state index in [-0.39, 0.29) is 5.82 Å². The fourth-order valence-electron chi connectivity index (χ4n) is 5.70. The predicted molar refractivity (Wildman–Crippen MR) is 173 cm³/mol. The first-order chi connectivity index (χ1) is 20.8. The number of halogens is 2. The van der Waals surface area contributed by atoms with Crippen molar-refractivity contribution in [1.82, 2.24) is 19.0 Å². The van der Waals surface area contributed by atoms with Crippen LogP contribution in [0.1, 0.15) is 17.0 Å². The molecule has 1 atom stereocenters. The molecular formula is C32H28ClFN5O2PS. The summed E-state index contributed by atoms with van der Waals surface area (Å²) >= 11 is 12.8. The van der Waals surface area contributed by atoms with Crippen LogP contribution < -0.4 is 5.30 Å². The third kappa shape index (κ3) is 4.86. The monoisotopic (exact) mass is 631 g/mol. The summed E-state index contributed by atoms with van der Waals surface area (Å²) < 4.78 is 33.6. The number of fused-ring (bicyclic) bond motifs is 1. The van der Waals surface area contributed by atoms with Gasteiger partial charge in [-0.15, -0.1) is 0 Å². The fraction of sp³-hybridized carbons (Fsp3) is 0.188. The molecule has 7 nitrogen and oxygen atoms in total. The average molecular weight is 632 g/mol. The molecule has 43 heavy (non-hydrogen) atoms. The smallest absolute Gasteiger partial charge is 0.227 e. The standard InChI is InChI=1S/C32H28ClFN5O2PS/c1-21-20-26(22(2)38(21)28-11-7-6-10-27(28)34)29-30-31(39(36-29)25-8-4-3-5-9-25)35-32(23-12-14-24(33)15-13-23)41-42(30,43)37-16-18-40-19-17-37/h3-15,20H,16-19H2,1-2H3. The molecule has 0 bridgehead atoms. The number of aromatic nitrogens is 3. The minimum atomic E-state index is -2.97. The molecule has 5 aromatic rings. The highest BCUT2D eigenvalue weighted by Gasteiger charge is 2.44. The van der Waals surface area contributed by atoms with Crippen molar-refractivity contribution in [3.05, 3.63) is 113 Å². The SMILES string of the molecule is Cc1cc(-c2nn(-c3ccccc3)c3c2P(=S)(N2CCOCC2)OC(c2ccc(Cl)cc2)=N3)c(C)n1-c1ccccc1F. The van der Waals surface area contributed by atoms with Gasteiger partial charge in [-0.1, -0.05) is 41.9 Å². The zero-order chi connectivity index (χ0) is 29.7. The normalized spacial score (nSPS) is 18.7. The maximum absolute atomic E-state index is 15.0. The Hall–Kier alpha value is -3.59. The average Bonchev–Trinajstić information content (AvgIpc) is 3.56. The molecule has 0 radical (unpaired) electrons. The predicted octanol–water partition coefficient (Wildman–Crippen LogP) is 7.11. The van der Waals surface area contributed by atoms with Gasteiger partial charge < -0.3 is 13.8 Å². The summed E-state index contributed by atoms with van der Waals surface area (Å²) in [6, 6.07) is 26.1. The van der Waals surface area contributed by atoms with Crippen LogP contribution in [0, 0.1) is 19.7 Å². The van der Waals surface area contributed by atoms with Crippen LogP contribution >= 0.6 is 18.0 Å². The second-order valence-corrected chi connectivity index (χ2v) is 14.6. The van der Waals surface area contributed by atoms with Crippen LogP contribution in [-0.2, 0) is 21.1 Å². The lowest BCUT2D eigenvalue weighted by atomic mass is 10.2. The van der Waals surface area contributed by atoms with Gasteiger partial charge in [0.25, 0.3) is 0 Å². The van der Waals surface area contributed by atoms with E-state index in [4.69, 9.17) is 42.8 Å². The van der Waals surface area contributed by atoms with E-state index < -0.39 is 6.42 Å². The van der Waals surface area contributed by atoms with Crippen LogP contribution in [0.25, 0.3) is 22.6 Å². The molecule has 3 aromatic carbocycles. The highest BCUT2D eigenvalue weighted by atomic mass is 35.5. The summed E-state index contributed by atoms with van der Waals surface area (Å²) in [5.41, 5.74) is 5.36. The zero-order valence-electron chi connectivity index (χ0n) is 23.6. The number of morpholine rings is 1. The van der Waals surface area contributed by atoms with Crippen LogP contribution in [0.2, 0.25) is 5.02 Å². The van der Waals surface area contributed by atoms with Gasteiger partial charge >= 0.3 is 0 Å². The molecule has 0 amide bonds. The number of rotatable bonds is 5. The Kier molecular flexibility index (Phi) is 7.32. The number of hydrogen-bond acceptors (Lipinski definition) is 5. The number of ether oxygens (including phenoxy) is 1. The first kappa shape index (κ1) is 28.2. The van der Waals surface area contributed by atoms with Crippen molar-refractivity contribution in [2.45, 2.75) is 13.8 Å². The van der Waals surface area contributed by atoms with E-state index in [1.807, 2.05) is 89.8 Å². The second kappa shape index (κ2) is 11.2. The molecule has 1 unspecified atom stereocenters. The maximum atomic E-state index is 15.0. The van der Waals surface area contributed by atoms with Gasteiger partial charge in [0.2, 0.25) is 12.3 Å². The third-order valence-corrected chi connectivity index (χ3v) is 12.0. The molecule has 1 saturated heterocycles. The minimum Gasteiger partial charge on any atom is -0.431 e. The van der Waals surface area contributed by atoms with Gasteiger partial charge in [0.05, 0.1) is 24.6 Å². The van der Waals surface area contributed by atoms with Gasteiger partial charge in [-0.3, -0.25) is 0 Å². The summed E-state index contributed by atoms with van der Waals surface area (Å²) in [5.74, 6) is 0.758. The number of para-hydroxylation sites is 2. The fourth-order valence-corrected chi connectivity index (χ4v) is 9.43. The second-order valence-electron chi connectivity index (χ2n) is 10.4. The first-order valence-corrected chi connectivity index (χ1v) is 17.0. The van der Waals surface area contributed by atoms with Crippen LogP contribution in [0.5, 0.6) is 0 Å². The lowest BCUT2D eigenvalue weighted by Gasteiger charge is -2.38. The van der Waals surface area contributed by atoms with Crippen LogP contribution in [0.3, 0.4) is 0 Å². The van der Waals surface area contributed by atoms with Gasteiger partial charge in [0.1, 0.15) is 16.8 Å². The number of nitrogens with zero attached hydrogens (tertiary/aromatic N) is 5. The molecule has 11 heteroatoms. The molecule has 0 N–H and O–H groups in total. The van der Waals surface area contributed by atoms with Crippen molar-refractivity contribution in [2.24, 2.45) is 4.99 Å². The molecule has 2 aliphatic rings. The summed E-state index contributed by atoms with van der Waals surface area (Å²) in [6.07, 6.45) is -2.97. The van der Waals surface area contributed by atoms with Crippen molar-refractivity contribution >= 4 is 46.8 Å². The van der Waals surface area contributed by atoms with Crippen molar-refractivity contribution in [2.75, 3.05) is 26.3 Å². The Morgan fingerprint density at radius 2 is 1.63 bits per heavy atom. The Balaban J connectivity index is 1.52. The van der Waals surface area contributed by atoms with Gasteiger partial charge in [-0.25, -0.2) is 13.7 Å². The quantitative estimate of drug-likeness (QED) is 0.194. The largest absolute Gasteiger partial charge is 0.431 e. The highest BCUT2D eigenvalue weighted by molar-refractivity contribution is 8.15. The Labute approximate surface area is 259 Å². The summed E-state index contributed by atoms with van der Waals surface area (Å²) in [5, 5.41) is 6.60. The van der Waals surface area contributed by atoms with E-state index in [2.05, 4.69) is 4.67 Å². The molecule has 2 aliphatic heterocycles. The third-order valence-electron chi connectivity index (χ3n) is 7.77. The van der Waals surface area contributed by atoms with Crippen molar-refractivity contribution in [1.29, 1.82) is 0 Å². The summed E-state index contributed by atoms with van der Waals surface area (Å²) in [7, 11) is 0. The Morgan fingerprint density at radius 3 is 2.35 bits per heavy atom. The van der Waals surface area contributed by atoms with E-state index in [1.54, 1.807) is 12.1 Å². The van der Waals surface area contributed by atoms with E-state index in [0.717, 1.165) is 33.5 Å². The van der Waals surface area contributed by atoms with Crippen molar-refractivity contribution in [3.8, 4) is 22.6 Å². The van der Waals surface area contributed by atoms with E-state index in [1.165, 1.54) is 6.07 Å². The van der Waals surface area contributed by atoms with Crippen LogP contribution in [0.4, 0.5) is 10.2 Å². The number of aliphatic imine (C=N–C) groups is 1. The highest BCUT2D eigenvalue weighted by Crippen LogP contribution is 2.58. The Bertz CT molecular complexity index is 1920. The van der Waals surface area contributed by atoms with Crippen LogP contribution in [0.15, 0.2) is 89.9 Å². The number of aryl methyl sites for hydroxylation is 1. The molecule has 4 heterocycles. The molecule has 7 rings (SSSR count). The van der Waals surface area contributed by atoms with Gasteiger partial charge in [0.15, 0.2) is 5.82 Å². The topological polar surface area (TPSA) is 56.8 Å². The molecule has 0 aliphatic carbocycles. The molecule has 0 saturated carbocycles. The lowest BCUT2D eigenvalue weighted by molar-refractivity contribution is 0.0723. The van der Waals surface area contributed by atoms with E-state index >= 15 is 4.39 Å². The van der Waals surface area contributed by atoms with Crippen molar-refractivity contribution < 1.29 is 13.7 Å². The zero-order valence-corrected chi connectivity index (χ0v) is 26.0. The van der Waals surface area contributed by atoms with Crippen molar-refractivity contribution in [3.63, 3.8) is 0 Å². The number of hydrogen-bond donors (Lipinski definition) is 0. The molecule has 218 valence electrons. The first-order valence-electron chi connectivity index (χ1n) is 14.0. The molecule has 0 spiro atoms. The van der Waals surface area contributed by atoms with Gasteiger partial charge in [-0.2, -0.15) is 10.1 Å². The number of benzene rings is 3. The van der Waals surface area contributed by atoms with E-state index in [9.17, 15) is 0 Å². The minimum absolute atomic E-state index is 0.299. The Morgan fingerprint density at radius 1 is 0.930 bits per heavy atom. The lowest BCUT2D eigenvalue weighted by Crippen LogP contribution is -2.39. The van der Waals surface area contributed by atoms with E-state index in [0.29, 0.717) is 54.4 Å².